The van der Waals surface area contributed by atoms with E-state index in [-0.39, 0.29) is 12.6 Å². The minimum Gasteiger partial charge on any atom is -0.408 e. The Hall–Kier alpha value is -3.38. The lowest BCUT2D eigenvalue weighted by Crippen LogP contribution is -2.14. The van der Waals surface area contributed by atoms with Crippen LogP contribution in [-0.2, 0) is 0 Å². The number of oxazole rings is 1. The first-order chi connectivity index (χ1) is 12.7. The highest BCUT2D eigenvalue weighted by atomic mass is 16.4. The third kappa shape index (κ3) is 3.22. The molecule has 2 aromatic heterocycles. The number of nitrogens with zero attached hydrogens (tertiary/aromatic N) is 1. The SMILES string of the molecule is O=c1[nH]c2ccc(-c3cncc(NC(CO)c4ccccc4)c3)cc2o1. The fourth-order valence-electron chi connectivity index (χ4n) is 2.92. The first kappa shape index (κ1) is 16.1. The molecular formula is C20H17N3O3. The van der Waals surface area contributed by atoms with E-state index >= 15 is 0 Å². The van der Waals surface area contributed by atoms with Crippen LogP contribution in [0.2, 0.25) is 0 Å². The predicted octanol–water partition coefficient (Wildman–Crippen LogP) is 3.33. The molecule has 1 atom stereocenters. The van der Waals surface area contributed by atoms with Crippen molar-refractivity contribution >= 4 is 16.8 Å². The summed E-state index contributed by atoms with van der Waals surface area (Å²) in [6, 6.07) is 17.0. The third-order valence-electron chi connectivity index (χ3n) is 4.22. The molecule has 6 nitrogen and oxygen atoms in total. The van der Waals surface area contributed by atoms with Crippen molar-refractivity contribution in [3.8, 4) is 11.1 Å². The Balaban J connectivity index is 1.64. The Morgan fingerprint density at radius 3 is 2.73 bits per heavy atom. The Kier molecular flexibility index (Phi) is 4.25. The summed E-state index contributed by atoms with van der Waals surface area (Å²) in [4.78, 5) is 18.2. The quantitative estimate of drug-likeness (QED) is 0.515. The zero-order valence-electron chi connectivity index (χ0n) is 13.8. The van der Waals surface area contributed by atoms with Gasteiger partial charge in [0, 0.05) is 18.0 Å². The van der Waals surface area contributed by atoms with E-state index in [1.54, 1.807) is 24.5 Å². The summed E-state index contributed by atoms with van der Waals surface area (Å²) in [5, 5.41) is 13.0. The van der Waals surface area contributed by atoms with Crippen LogP contribution in [0.1, 0.15) is 11.6 Å². The molecule has 0 saturated carbocycles. The number of anilines is 1. The van der Waals surface area contributed by atoms with Gasteiger partial charge < -0.3 is 14.8 Å². The summed E-state index contributed by atoms with van der Waals surface area (Å²) < 4.78 is 5.12. The van der Waals surface area contributed by atoms with Crippen LogP contribution in [0.4, 0.5) is 5.69 Å². The smallest absolute Gasteiger partial charge is 0.408 e. The molecule has 0 bridgehead atoms. The summed E-state index contributed by atoms with van der Waals surface area (Å²) in [6.07, 6.45) is 3.46. The lowest BCUT2D eigenvalue weighted by Gasteiger charge is -2.18. The molecule has 3 N–H and O–H groups in total. The molecular weight excluding hydrogens is 330 g/mol. The van der Waals surface area contributed by atoms with E-state index in [1.165, 1.54) is 0 Å². The average molecular weight is 347 g/mol. The molecule has 26 heavy (non-hydrogen) atoms. The molecule has 4 rings (SSSR count). The number of pyridine rings is 1. The van der Waals surface area contributed by atoms with Crippen LogP contribution in [0.25, 0.3) is 22.2 Å². The molecule has 0 aliphatic rings. The molecule has 4 aromatic rings. The first-order valence-electron chi connectivity index (χ1n) is 8.23. The maximum absolute atomic E-state index is 11.3. The van der Waals surface area contributed by atoms with Gasteiger partial charge in [-0.25, -0.2) is 4.79 Å². The van der Waals surface area contributed by atoms with Crippen molar-refractivity contribution in [2.75, 3.05) is 11.9 Å². The van der Waals surface area contributed by atoms with E-state index in [9.17, 15) is 9.90 Å². The van der Waals surface area contributed by atoms with Crippen molar-refractivity contribution in [1.29, 1.82) is 0 Å². The van der Waals surface area contributed by atoms with Gasteiger partial charge in [-0.05, 0) is 29.3 Å². The van der Waals surface area contributed by atoms with Gasteiger partial charge in [-0.15, -0.1) is 0 Å². The minimum absolute atomic E-state index is 0.0330. The highest BCUT2D eigenvalue weighted by Crippen LogP contribution is 2.26. The molecule has 0 radical (unpaired) electrons. The van der Waals surface area contributed by atoms with E-state index < -0.39 is 5.76 Å². The summed E-state index contributed by atoms with van der Waals surface area (Å²) in [5.74, 6) is -0.473. The normalized spacial score (nSPS) is 12.2. The van der Waals surface area contributed by atoms with Crippen LogP contribution < -0.4 is 11.1 Å². The fourth-order valence-corrected chi connectivity index (χ4v) is 2.92. The maximum Gasteiger partial charge on any atom is 0.417 e. The van der Waals surface area contributed by atoms with Crippen molar-refractivity contribution in [3.05, 3.63) is 83.1 Å². The average Bonchev–Trinajstić information content (AvgIpc) is 3.06. The second-order valence-electron chi connectivity index (χ2n) is 5.98. The lowest BCUT2D eigenvalue weighted by molar-refractivity contribution is 0.276. The number of fused-ring (bicyclic) bond motifs is 1. The Morgan fingerprint density at radius 1 is 1.08 bits per heavy atom. The van der Waals surface area contributed by atoms with E-state index in [1.807, 2.05) is 42.5 Å². The molecule has 0 aliphatic heterocycles. The Labute approximate surface area is 149 Å². The zero-order chi connectivity index (χ0) is 17.9. The van der Waals surface area contributed by atoms with Crippen molar-refractivity contribution in [3.63, 3.8) is 0 Å². The van der Waals surface area contributed by atoms with Crippen molar-refractivity contribution in [2.24, 2.45) is 0 Å². The largest absolute Gasteiger partial charge is 0.417 e. The van der Waals surface area contributed by atoms with E-state index in [2.05, 4.69) is 15.3 Å². The fraction of sp³-hybridized carbons (Fsp3) is 0.100. The summed E-state index contributed by atoms with van der Waals surface area (Å²) in [6.45, 7) is -0.0330. The molecule has 0 amide bonds. The number of aliphatic hydroxyl groups excluding tert-OH is 1. The molecule has 0 aliphatic carbocycles. The highest BCUT2D eigenvalue weighted by molar-refractivity contribution is 5.80. The molecule has 1 unspecified atom stereocenters. The van der Waals surface area contributed by atoms with Crippen molar-refractivity contribution in [1.82, 2.24) is 9.97 Å². The first-order valence-corrected chi connectivity index (χ1v) is 8.23. The summed E-state index contributed by atoms with van der Waals surface area (Å²) in [7, 11) is 0. The standard InChI is InChI=1S/C20H17N3O3/c24-12-18(13-4-2-1-3-5-13)22-16-8-15(10-21-11-16)14-6-7-17-19(9-14)26-20(25)23-17/h1-11,18,22,24H,12H2,(H,23,25). The monoisotopic (exact) mass is 347 g/mol. The highest BCUT2D eigenvalue weighted by Gasteiger charge is 2.11. The van der Waals surface area contributed by atoms with Gasteiger partial charge in [0.05, 0.1) is 23.9 Å². The molecule has 0 saturated heterocycles. The van der Waals surface area contributed by atoms with Crippen LogP contribution in [0.15, 0.2) is 76.2 Å². The van der Waals surface area contributed by atoms with Crippen LogP contribution in [-0.4, -0.2) is 21.7 Å². The number of aromatic amines is 1. The summed E-state index contributed by atoms with van der Waals surface area (Å²) in [5.41, 5.74) is 4.72. The Morgan fingerprint density at radius 2 is 1.92 bits per heavy atom. The van der Waals surface area contributed by atoms with Gasteiger partial charge in [0.15, 0.2) is 5.58 Å². The van der Waals surface area contributed by atoms with E-state index in [0.29, 0.717) is 11.1 Å². The number of aliphatic hydroxyl groups is 1. The van der Waals surface area contributed by atoms with Gasteiger partial charge in [-0.3, -0.25) is 9.97 Å². The van der Waals surface area contributed by atoms with Gasteiger partial charge in [0.25, 0.3) is 0 Å². The Bertz CT molecular complexity index is 1090. The second-order valence-corrected chi connectivity index (χ2v) is 5.98. The van der Waals surface area contributed by atoms with Crippen LogP contribution in [0.5, 0.6) is 0 Å². The third-order valence-corrected chi connectivity index (χ3v) is 4.22. The number of hydrogen-bond acceptors (Lipinski definition) is 5. The van der Waals surface area contributed by atoms with E-state index in [4.69, 9.17) is 4.42 Å². The molecule has 0 fully saturated rings. The van der Waals surface area contributed by atoms with Gasteiger partial charge in [-0.2, -0.15) is 0 Å². The minimum atomic E-state index is -0.473. The molecule has 6 heteroatoms. The number of benzene rings is 2. The molecule has 130 valence electrons. The maximum atomic E-state index is 11.3. The van der Waals surface area contributed by atoms with E-state index in [0.717, 1.165) is 22.4 Å². The molecule has 2 aromatic carbocycles. The van der Waals surface area contributed by atoms with Gasteiger partial charge >= 0.3 is 5.76 Å². The van der Waals surface area contributed by atoms with Gasteiger partial charge in [-0.1, -0.05) is 36.4 Å². The zero-order valence-corrected chi connectivity index (χ0v) is 13.8. The predicted molar refractivity (Wildman–Crippen MR) is 100.0 cm³/mol. The summed E-state index contributed by atoms with van der Waals surface area (Å²) >= 11 is 0. The number of hydrogen-bond donors (Lipinski definition) is 3. The number of rotatable bonds is 5. The second kappa shape index (κ2) is 6.85. The van der Waals surface area contributed by atoms with Crippen molar-refractivity contribution < 1.29 is 9.52 Å². The van der Waals surface area contributed by atoms with Crippen LogP contribution >= 0.6 is 0 Å². The topological polar surface area (TPSA) is 91.2 Å². The van der Waals surface area contributed by atoms with Crippen LogP contribution in [0.3, 0.4) is 0 Å². The van der Waals surface area contributed by atoms with Crippen LogP contribution in [0, 0.1) is 0 Å². The molecule has 2 heterocycles. The number of H-pyrrole nitrogens is 1. The number of aromatic nitrogens is 2. The van der Waals surface area contributed by atoms with Gasteiger partial charge in [0.1, 0.15) is 0 Å². The lowest BCUT2D eigenvalue weighted by atomic mass is 10.1. The van der Waals surface area contributed by atoms with Crippen molar-refractivity contribution in [2.45, 2.75) is 6.04 Å². The molecule has 0 spiro atoms. The number of nitrogens with one attached hydrogen (secondary N) is 2. The van der Waals surface area contributed by atoms with Gasteiger partial charge in [0.2, 0.25) is 0 Å².